The zero-order valence-corrected chi connectivity index (χ0v) is 36.1. The molecule has 7 N–H and O–H groups in total. The number of nitrogens with zero attached hydrogens (tertiary/aromatic N) is 1. The maximum Gasteiger partial charge on any atom is 3.00 e. The Balaban J connectivity index is 0.00000648. The first kappa shape index (κ1) is 46.8. The molecule has 0 atom stereocenters. The minimum atomic E-state index is -5.52. The first-order valence-electron chi connectivity index (χ1n) is 18.6. The number of hydrogen-bond acceptors (Lipinski definition) is 8. The predicted molar refractivity (Wildman–Crippen MR) is 232 cm³/mol. The molecule has 22 heteroatoms. The number of hydrogen-bond donors (Lipinski definition) is 7. The zero-order chi connectivity index (χ0) is 46.7. The maximum atomic E-state index is 16.4. The van der Waals surface area contributed by atoms with Crippen molar-refractivity contribution in [3.63, 3.8) is 0 Å². The SMILES string of the molecule is C#CCNc1ccc(-c2c3nc(c(-c4ccc(OC)cc4)c4ccc([nH]4)c(-c4c(F)c(F)c(NCC#C)c(F)c4F)c4cc(S(=O)(=O)O)c([nH]4)c4[nH]c2cc4S(=O)(=O)O)C=C3)c(F)c1F.[Fe+3]. The molecule has 5 heterocycles. The van der Waals surface area contributed by atoms with Crippen LogP contribution in [0.15, 0.2) is 70.5 Å². The Bertz CT molecular complexity index is 3630. The third-order valence-corrected chi connectivity index (χ3v) is 12.0. The van der Waals surface area contributed by atoms with Gasteiger partial charge >= 0.3 is 17.1 Å². The number of benzene rings is 3. The van der Waals surface area contributed by atoms with E-state index in [1.165, 1.54) is 31.4 Å². The summed E-state index contributed by atoms with van der Waals surface area (Å²) in [6.45, 7) is -0.764. The summed E-state index contributed by atoms with van der Waals surface area (Å²) in [4.78, 5) is 10.4. The molecule has 0 fully saturated rings. The average molecular weight is 987 g/mol. The van der Waals surface area contributed by atoms with Gasteiger partial charge in [0.2, 0.25) is 0 Å². The topological polar surface area (TPSA) is 202 Å². The van der Waals surface area contributed by atoms with Gasteiger partial charge in [0, 0.05) is 33.3 Å². The molecule has 1 aliphatic rings. The molecule has 1 radical (unpaired) electrons. The van der Waals surface area contributed by atoms with Crippen molar-refractivity contribution in [1.82, 2.24) is 19.9 Å². The van der Waals surface area contributed by atoms with Crippen LogP contribution in [-0.4, -0.2) is 66.1 Å². The summed E-state index contributed by atoms with van der Waals surface area (Å²) < 4.78 is 176. The predicted octanol–water partition coefficient (Wildman–Crippen LogP) is 9.12. The maximum absolute atomic E-state index is 16.4. The van der Waals surface area contributed by atoms with Gasteiger partial charge in [0.1, 0.15) is 21.2 Å². The minimum Gasteiger partial charge on any atom is -0.497 e. The van der Waals surface area contributed by atoms with E-state index in [1.807, 2.05) is 5.92 Å². The summed E-state index contributed by atoms with van der Waals surface area (Å²) in [6, 6.07) is 12.5. The first-order chi connectivity index (χ1) is 30.9. The number of ether oxygens (including phenoxy) is 1. The zero-order valence-electron chi connectivity index (χ0n) is 33.3. The van der Waals surface area contributed by atoms with Gasteiger partial charge in [-0.1, -0.05) is 24.0 Å². The Morgan fingerprint density at radius 3 is 1.67 bits per heavy atom. The largest absolute Gasteiger partial charge is 3.00 e. The van der Waals surface area contributed by atoms with Crippen LogP contribution in [0.1, 0.15) is 11.4 Å². The summed E-state index contributed by atoms with van der Waals surface area (Å²) in [5.41, 5.74) is -7.39. The van der Waals surface area contributed by atoms with Gasteiger partial charge < -0.3 is 30.3 Å². The molecule has 1 aliphatic heterocycles. The molecule has 0 amide bonds. The standard InChI is InChI=1S/C44H28F6N6O7S2.Fe/c1-4-16-51-27-11-10-22(36(45)37(27)46)33-25-14-12-23(53-25)32(20-6-8-21(63-3)9-7-20)24-13-15-26(54-24)34(35-38(47)40(49)44(52-17-5-2)41(50)39(35)48)29-19-31(65(60,61)62)43(56-29)42-30(64(57,58)59)18-28(33)55-42;/h1-2,6-15,18-19,51-52,54-56H,16-17H2,3H3,(H,57,58,59)(H,60,61,62);/q;+3. The summed E-state index contributed by atoms with van der Waals surface area (Å²) in [5.74, 6) is -6.15. The van der Waals surface area contributed by atoms with Crippen LogP contribution in [0, 0.1) is 59.6 Å². The van der Waals surface area contributed by atoms with Crippen LogP contribution in [0.5, 0.6) is 5.75 Å². The van der Waals surface area contributed by atoms with Gasteiger partial charge in [0.05, 0.1) is 64.9 Å². The van der Waals surface area contributed by atoms with E-state index < -0.39 is 116 Å². The number of halogens is 6. The monoisotopic (exact) mass is 986 g/mol. The van der Waals surface area contributed by atoms with E-state index >= 15 is 26.3 Å². The van der Waals surface area contributed by atoms with Crippen molar-refractivity contribution in [1.29, 1.82) is 0 Å². The molecule has 7 aromatic rings. The Morgan fingerprint density at radius 2 is 1.14 bits per heavy atom. The van der Waals surface area contributed by atoms with Crippen molar-refractivity contribution < 1.29 is 74.1 Å². The molecule has 0 unspecified atom stereocenters. The second-order valence-electron chi connectivity index (χ2n) is 14.1. The second kappa shape index (κ2) is 17.7. The first-order valence-corrected chi connectivity index (χ1v) is 21.5. The summed E-state index contributed by atoms with van der Waals surface area (Å²) in [6.07, 6.45) is 13.2. The van der Waals surface area contributed by atoms with Crippen LogP contribution >= 0.6 is 0 Å². The van der Waals surface area contributed by atoms with Crippen molar-refractivity contribution in [2.75, 3.05) is 30.8 Å². The molecule has 335 valence electrons. The summed E-state index contributed by atoms with van der Waals surface area (Å²) in [5, 5.41) is 4.60. The third kappa shape index (κ3) is 8.11. The van der Waals surface area contributed by atoms with E-state index in [9.17, 15) is 25.9 Å². The van der Waals surface area contributed by atoms with Crippen LogP contribution in [0.25, 0.3) is 78.6 Å². The number of anilines is 2. The van der Waals surface area contributed by atoms with E-state index in [0.29, 0.717) is 17.4 Å². The second-order valence-corrected chi connectivity index (χ2v) is 16.8. The van der Waals surface area contributed by atoms with Gasteiger partial charge in [-0.15, -0.1) is 12.8 Å². The Hall–Kier alpha value is -7.17. The number of aromatic nitrogens is 4. The molecular weight excluding hydrogens is 958 g/mol. The number of fused-ring (bicyclic) bond motifs is 9. The molecular formula is C44H28F6FeN6O7S2+3. The van der Waals surface area contributed by atoms with Gasteiger partial charge in [-0.3, -0.25) is 9.11 Å². The van der Waals surface area contributed by atoms with Gasteiger partial charge in [0.25, 0.3) is 20.2 Å². The average Bonchev–Trinajstić information content (AvgIpc) is 4.10. The number of H-pyrrole nitrogens is 3. The molecule has 4 aromatic heterocycles. The number of methoxy groups -OCH3 is 1. The fourth-order valence-electron chi connectivity index (χ4n) is 7.45. The summed E-state index contributed by atoms with van der Waals surface area (Å²) in [7, 11) is -9.56. The summed E-state index contributed by atoms with van der Waals surface area (Å²) >= 11 is 0. The Labute approximate surface area is 380 Å². The number of nitrogens with one attached hydrogen (secondary N) is 5. The van der Waals surface area contributed by atoms with E-state index in [0.717, 1.165) is 18.2 Å². The van der Waals surface area contributed by atoms with Crippen molar-refractivity contribution in [3.8, 4) is 63.8 Å². The van der Waals surface area contributed by atoms with Crippen molar-refractivity contribution in [2.24, 2.45) is 0 Å². The van der Waals surface area contributed by atoms with Gasteiger partial charge in [-0.05, 0) is 66.2 Å². The van der Waals surface area contributed by atoms with Crippen LogP contribution < -0.4 is 15.4 Å². The van der Waals surface area contributed by atoms with Gasteiger partial charge in [-0.2, -0.15) is 16.8 Å². The number of rotatable bonds is 10. The van der Waals surface area contributed by atoms with Crippen LogP contribution in [0.4, 0.5) is 37.7 Å². The fourth-order valence-corrected chi connectivity index (χ4v) is 8.81. The molecule has 3 aromatic carbocycles. The van der Waals surface area contributed by atoms with Crippen LogP contribution in [0.2, 0.25) is 0 Å². The van der Waals surface area contributed by atoms with Crippen LogP contribution in [-0.2, 0) is 37.3 Å². The van der Waals surface area contributed by atoms with Crippen LogP contribution in [0.3, 0.4) is 0 Å². The fraction of sp³-hybridized carbons (Fsp3) is 0.0682. The van der Waals surface area contributed by atoms with Crippen molar-refractivity contribution in [3.05, 3.63) is 107 Å². The molecule has 0 saturated heterocycles. The normalized spacial score (nSPS) is 11.9. The van der Waals surface area contributed by atoms with E-state index in [1.54, 1.807) is 24.3 Å². The van der Waals surface area contributed by atoms with Crippen molar-refractivity contribution in [2.45, 2.75) is 9.79 Å². The molecule has 13 nitrogen and oxygen atoms in total. The van der Waals surface area contributed by atoms with E-state index in [4.69, 9.17) is 22.6 Å². The van der Waals surface area contributed by atoms with E-state index in [2.05, 4.69) is 31.5 Å². The third-order valence-electron chi connectivity index (χ3n) is 10.3. The number of aromatic amines is 3. The minimum absolute atomic E-state index is 0. The van der Waals surface area contributed by atoms with E-state index in [-0.39, 0.29) is 62.8 Å². The molecule has 0 saturated carbocycles. The molecule has 0 spiro atoms. The molecule has 8 rings (SSSR count). The molecule has 0 aliphatic carbocycles. The number of terminal acetylenes is 2. The smallest absolute Gasteiger partial charge is 0.497 e. The van der Waals surface area contributed by atoms with Gasteiger partial charge in [-0.25, -0.2) is 31.3 Å². The Morgan fingerprint density at radius 1 is 0.621 bits per heavy atom. The van der Waals surface area contributed by atoms with Gasteiger partial charge in [0.15, 0.2) is 34.9 Å². The molecule has 8 bridgehead atoms. The molecule has 66 heavy (non-hydrogen) atoms. The Kier molecular flexibility index (Phi) is 12.5. The van der Waals surface area contributed by atoms with Crippen molar-refractivity contribution >= 4 is 76.9 Å². The quantitative estimate of drug-likeness (QED) is 0.0228.